The second-order valence-corrected chi connectivity index (χ2v) is 6.51. The molecule has 0 aliphatic carbocycles. The number of benzene rings is 2. The third-order valence-corrected chi connectivity index (χ3v) is 4.32. The van der Waals surface area contributed by atoms with Crippen LogP contribution in [0, 0.1) is 19.7 Å². The number of carbonyl (C=O) groups excluding carboxylic acids is 2. The normalized spacial score (nSPS) is 13.3. The first-order chi connectivity index (χ1) is 12.8. The highest BCUT2D eigenvalue weighted by atomic mass is 35.5. The number of aliphatic imine (C=N–C) groups is 1. The lowest BCUT2D eigenvalue weighted by atomic mass is 10.1. The van der Waals surface area contributed by atoms with E-state index < -0.39 is 5.91 Å². The standard InChI is InChI=1S/C20H16ClFN2O3/c1-11-6-19(27-18-4-3-13(22)5-12(18)2)16(8-17(11)21)20(26)24-14-7-15(25)10-23-9-14/h3-9H,10H2,1-2H3,(H,24,26). The summed E-state index contributed by atoms with van der Waals surface area (Å²) < 4.78 is 19.2. The average molecular weight is 387 g/mol. The first-order valence-electron chi connectivity index (χ1n) is 8.13. The van der Waals surface area contributed by atoms with Gasteiger partial charge in [0.2, 0.25) is 0 Å². The topological polar surface area (TPSA) is 67.8 Å². The van der Waals surface area contributed by atoms with E-state index in [1.807, 2.05) is 0 Å². The Balaban J connectivity index is 1.94. The Hall–Kier alpha value is -2.99. The molecule has 0 bridgehead atoms. The van der Waals surface area contributed by atoms with E-state index in [-0.39, 0.29) is 35.2 Å². The van der Waals surface area contributed by atoms with Gasteiger partial charge in [-0.3, -0.25) is 14.6 Å². The zero-order valence-electron chi connectivity index (χ0n) is 14.7. The molecule has 0 saturated carbocycles. The van der Waals surface area contributed by atoms with Gasteiger partial charge in [0.15, 0.2) is 5.78 Å². The van der Waals surface area contributed by atoms with Gasteiger partial charge in [0.25, 0.3) is 5.91 Å². The van der Waals surface area contributed by atoms with Gasteiger partial charge in [0.1, 0.15) is 23.9 Å². The molecule has 2 aromatic rings. The molecule has 5 nitrogen and oxygen atoms in total. The Morgan fingerprint density at radius 1 is 1.19 bits per heavy atom. The molecule has 0 atom stereocenters. The molecule has 138 valence electrons. The maximum absolute atomic E-state index is 13.3. The molecular formula is C20H16ClFN2O3. The Morgan fingerprint density at radius 3 is 2.67 bits per heavy atom. The summed E-state index contributed by atoms with van der Waals surface area (Å²) in [6, 6.07) is 7.23. The van der Waals surface area contributed by atoms with Gasteiger partial charge >= 0.3 is 0 Å². The van der Waals surface area contributed by atoms with Crippen molar-refractivity contribution in [1.82, 2.24) is 5.32 Å². The zero-order chi connectivity index (χ0) is 19.6. The molecule has 0 unspecified atom stereocenters. The van der Waals surface area contributed by atoms with E-state index in [0.29, 0.717) is 16.3 Å². The van der Waals surface area contributed by atoms with Crippen molar-refractivity contribution in [2.75, 3.05) is 6.54 Å². The van der Waals surface area contributed by atoms with Crippen LogP contribution in [0.2, 0.25) is 5.02 Å². The van der Waals surface area contributed by atoms with E-state index in [9.17, 15) is 14.0 Å². The van der Waals surface area contributed by atoms with Crippen molar-refractivity contribution in [2.24, 2.45) is 4.99 Å². The minimum Gasteiger partial charge on any atom is -0.456 e. The minimum absolute atomic E-state index is 0.0634. The van der Waals surface area contributed by atoms with Crippen molar-refractivity contribution in [1.29, 1.82) is 0 Å². The molecule has 3 rings (SSSR count). The fourth-order valence-electron chi connectivity index (χ4n) is 2.52. The summed E-state index contributed by atoms with van der Waals surface area (Å²) in [7, 11) is 0. The molecule has 1 heterocycles. The van der Waals surface area contributed by atoms with E-state index in [4.69, 9.17) is 16.3 Å². The van der Waals surface area contributed by atoms with Gasteiger partial charge in [0, 0.05) is 17.3 Å². The number of amides is 1. The highest BCUT2D eigenvalue weighted by molar-refractivity contribution is 6.31. The predicted octanol–water partition coefficient (Wildman–Crippen LogP) is 4.16. The maximum Gasteiger partial charge on any atom is 0.259 e. The van der Waals surface area contributed by atoms with Crippen LogP contribution in [0.3, 0.4) is 0 Å². The van der Waals surface area contributed by atoms with Crippen LogP contribution in [-0.2, 0) is 4.79 Å². The fraction of sp³-hybridized carbons (Fsp3) is 0.150. The van der Waals surface area contributed by atoms with Crippen molar-refractivity contribution in [3.05, 3.63) is 69.6 Å². The van der Waals surface area contributed by atoms with Crippen molar-refractivity contribution in [3.8, 4) is 11.5 Å². The molecule has 27 heavy (non-hydrogen) atoms. The SMILES string of the molecule is Cc1cc(Oc2ccc(F)cc2C)c(C(=O)NC2=CC(=O)CN=C2)cc1Cl. The van der Waals surface area contributed by atoms with Crippen LogP contribution in [0.4, 0.5) is 4.39 Å². The highest BCUT2D eigenvalue weighted by Crippen LogP contribution is 2.32. The van der Waals surface area contributed by atoms with Gasteiger partial charge in [-0.05, 0) is 55.3 Å². The average Bonchev–Trinajstić information content (AvgIpc) is 2.60. The van der Waals surface area contributed by atoms with Crippen LogP contribution < -0.4 is 10.1 Å². The molecule has 0 spiro atoms. The molecule has 0 saturated heterocycles. The summed E-state index contributed by atoms with van der Waals surface area (Å²) in [6.45, 7) is 3.55. The Morgan fingerprint density at radius 2 is 1.96 bits per heavy atom. The molecule has 7 heteroatoms. The molecule has 1 aliphatic rings. The number of ether oxygens (including phenoxy) is 1. The molecule has 0 fully saturated rings. The fourth-order valence-corrected chi connectivity index (χ4v) is 2.68. The highest BCUT2D eigenvalue weighted by Gasteiger charge is 2.18. The first kappa shape index (κ1) is 18.8. The number of ketones is 1. The lowest BCUT2D eigenvalue weighted by molar-refractivity contribution is -0.113. The molecule has 1 N–H and O–H groups in total. The monoisotopic (exact) mass is 386 g/mol. The van der Waals surface area contributed by atoms with Crippen LogP contribution in [0.1, 0.15) is 21.5 Å². The molecule has 0 aromatic heterocycles. The lowest BCUT2D eigenvalue weighted by Crippen LogP contribution is -2.26. The van der Waals surface area contributed by atoms with E-state index in [1.165, 1.54) is 36.6 Å². The summed E-state index contributed by atoms with van der Waals surface area (Å²) >= 11 is 6.17. The first-order valence-corrected chi connectivity index (χ1v) is 8.51. The van der Waals surface area contributed by atoms with Gasteiger partial charge in [-0.1, -0.05) is 11.6 Å². The third-order valence-electron chi connectivity index (χ3n) is 3.91. The van der Waals surface area contributed by atoms with Crippen molar-refractivity contribution >= 4 is 29.5 Å². The molecule has 2 aromatic carbocycles. The Labute approximate surface area is 160 Å². The summed E-state index contributed by atoms with van der Waals surface area (Å²) in [5.41, 5.74) is 1.77. The zero-order valence-corrected chi connectivity index (χ0v) is 15.4. The van der Waals surface area contributed by atoms with Crippen molar-refractivity contribution < 1.29 is 18.7 Å². The van der Waals surface area contributed by atoms with E-state index in [1.54, 1.807) is 19.9 Å². The maximum atomic E-state index is 13.3. The number of nitrogens with one attached hydrogen (secondary N) is 1. The Kier molecular flexibility index (Phi) is 5.37. The second-order valence-electron chi connectivity index (χ2n) is 6.10. The number of nitrogens with zero attached hydrogens (tertiary/aromatic N) is 1. The van der Waals surface area contributed by atoms with Crippen LogP contribution >= 0.6 is 11.6 Å². The molecular weight excluding hydrogens is 371 g/mol. The number of hydrogen-bond acceptors (Lipinski definition) is 4. The number of aryl methyl sites for hydroxylation is 2. The van der Waals surface area contributed by atoms with E-state index >= 15 is 0 Å². The second kappa shape index (κ2) is 7.72. The number of hydrogen-bond donors (Lipinski definition) is 1. The largest absolute Gasteiger partial charge is 0.456 e. The van der Waals surface area contributed by atoms with Crippen LogP contribution in [0.5, 0.6) is 11.5 Å². The van der Waals surface area contributed by atoms with Gasteiger partial charge in [-0.15, -0.1) is 0 Å². The number of dihydropyridines is 1. The van der Waals surface area contributed by atoms with Gasteiger partial charge in [0.05, 0.1) is 11.3 Å². The summed E-state index contributed by atoms with van der Waals surface area (Å²) in [6.07, 6.45) is 2.73. The van der Waals surface area contributed by atoms with Crippen molar-refractivity contribution in [3.63, 3.8) is 0 Å². The third kappa shape index (κ3) is 4.41. The molecule has 1 amide bonds. The number of allylic oxidation sites excluding steroid dienone is 1. The van der Waals surface area contributed by atoms with Crippen molar-refractivity contribution in [2.45, 2.75) is 13.8 Å². The number of rotatable bonds is 4. The van der Waals surface area contributed by atoms with E-state index in [2.05, 4.69) is 10.3 Å². The van der Waals surface area contributed by atoms with Crippen LogP contribution in [0.15, 0.2) is 47.1 Å². The quantitative estimate of drug-likeness (QED) is 0.858. The summed E-state index contributed by atoms with van der Waals surface area (Å²) in [5.74, 6) is -0.393. The van der Waals surface area contributed by atoms with Crippen LogP contribution in [0.25, 0.3) is 0 Å². The number of carbonyl (C=O) groups is 2. The van der Waals surface area contributed by atoms with Crippen LogP contribution in [-0.4, -0.2) is 24.4 Å². The minimum atomic E-state index is -0.501. The summed E-state index contributed by atoms with van der Waals surface area (Å²) in [4.78, 5) is 28.0. The Bertz CT molecular complexity index is 999. The smallest absolute Gasteiger partial charge is 0.259 e. The predicted molar refractivity (Wildman–Crippen MR) is 101 cm³/mol. The van der Waals surface area contributed by atoms with Gasteiger partial charge in [-0.25, -0.2) is 4.39 Å². The molecule has 1 aliphatic heterocycles. The van der Waals surface area contributed by atoms with Gasteiger partial charge < -0.3 is 10.1 Å². The lowest BCUT2D eigenvalue weighted by Gasteiger charge is -2.15. The molecule has 0 radical (unpaired) electrons. The van der Waals surface area contributed by atoms with E-state index in [0.717, 1.165) is 5.56 Å². The summed E-state index contributed by atoms with van der Waals surface area (Å²) in [5, 5.41) is 3.01. The number of halogens is 2. The van der Waals surface area contributed by atoms with Gasteiger partial charge in [-0.2, -0.15) is 0 Å².